The van der Waals surface area contributed by atoms with Crippen molar-refractivity contribution in [3.63, 3.8) is 0 Å². The molecule has 0 spiro atoms. The van der Waals surface area contributed by atoms with Gasteiger partial charge in [0.25, 0.3) is 5.91 Å². The van der Waals surface area contributed by atoms with E-state index in [-0.39, 0.29) is 11.8 Å². The van der Waals surface area contributed by atoms with Crippen molar-refractivity contribution in [2.75, 3.05) is 18.5 Å². The molecule has 1 aliphatic heterocycles. The summed E-state index contributed by atoms with van der Waals surface area (Å²) in [6.07, 6.45) is 4.51. The number of carbonyl (C=O) groups excluding carboxylic acids is 2. The van der Waals surface area contributed by atoms with Crippen LogP contribution in [0.15, 0.2) is 103 Å². The summed E-state index contributed by atoms with van der Waals surface area (Å²) in [5.74, 6) is -1.10. The lowest BCUT2D eigenvalue weighted by molar-refractivity contribution is -0.118. The Morgan fingerprint density at radius 2 is 1.55 bits per heavy atom. The molecule has 0 aliphatic carbocycles. The number of hydrogen-bond donors (Lipinski definition) is 2. The zero-order valence-electron chi connectivity index (χ0n) is 21.2. The molecule has 0 radical (unpaired) electrons. The average Bonchev–Trinajstić information content (AvgIpc) is 3.40. The molecular weight excluding hydrogens is 476 g/mol. The molecule has 3 aromatic carbocycles. The average molecular weight is 507 g/mol. The Kier molecular flexibility index (Phi) is 7.75. The smallest absolute Gasteiger partial charge is 0.270 e. The molecule has 7 nitrogen and oxygen atoms in total. The molecule has 2 N–H and O–H groups in total. The number of benzene rings is 3. The van der Waals surface area contributed by atoms with E-state index in [1.54, 1.807) is 19.3 Å². The van der Waals surface area contributed by atoms with Gasteiger partial charge in [0.2, 0.25) is 5.91 Å². The van der Waals surface area contributed by atoms with Crippen LogP contribution in [-0.4, -0.2) is 40.9 Å². The first-order chi connectivity index (χ1) is 18.6. The summed E-state index contributed by atoms with van der Waals surface area (Å²) < 4.78 is 6.91. The number of aryl methyl sites for hydroxylation is 1. The van der Waals surface area contributed by atoms with E-state index >= 15 is 0 Å². The summed E-state index contributed by atoms with van der Waals surface area (Å²) in [5, 5.41) is 10.2. The van der Waals surface area contributed by atoms with Crippen molar-refractivity contribution in [3.8, 4) is 0 Å². The van der Waals surface area contributed by atoms with Gasteiger partial charge in [0.15, 0.2) is 0 Å². The summed E-state index contributed by atoms with van der Waals surface area (Å²) in [7, 11) is 1.70. The number of nitrogens with one attached hydrogen (secondary N) is 2. The van der Waals surface area contributed by atoms with Crippen LogP contribution in [0.3, 0.4) is 0 Å². The summed E-state index contributed by atoms with van der Waals surface area (Å²) in [5.41, 5.74) is 5.22. The van der Waals surface area contributed by atoms with Gasteiger partial charge in [-0.15, -0.1) is 0 Å². The fourth-order valence-electron chi connectivity index (χ4n) is 4.79. The minimum Gasteiger partial charge on any atom is -0.377 e. The Labute approximate surface area is 222 Å². The van der Waals surface area contributed by atoms with Crippen molar-refractivity contribution < 1.29 is 14.3 Å². The number of anilines is 1. The van der Waals surface area contributed by atoms with Gasteiger partial charge >= 0.3 is 0 Å². The van der Waals surface area contributed by atoms with Gasteiger partial charge in [0.1, 0.15) is 11.7 Å². The van der Waals surface area contributed by atoms with Crippen LogP contribution in [0.5, 0.6) is 0 Å². The maximum Gasteiger partial charge on any atom is 0.270 e. The third kappa shape index (κ3) is 5.74. The summed E-state index contributed by atoms with van der Waals surface area (Å²) in [4.78, 5) is 27.2. The highest BCUT2D eigenvalue weighted by Gasteiger charge is 2.33. The highest BCUT2D eigenvalue weighted by Crippen LogP contribution is 2.30. The molecule has 1 unspecified atom stereocenters. The van der Waals surface area contributed by atoms with E-state index in [4.69, 9.17) is 4.74 Å². The number of aromatic nitrogens is 2. The number of carbonyl (C=O) groups is 2. The van der Waals surface area contributed by atoms with Crippen LogP contribution >= 0.6 is 0 Å². The standard InChI is InChI=1S/C31H30N4O3/c1-35-27(16-19-32-35)30(36)34-29(28(24-8-4-2-5-9-24)25-10-6-3-7-11-25)31(37)33-26-14-12-22(13-15-26)23-17-20-38-21-18-23/h2-17,19,28-29H,18,20-21H2,1H3,(H,33,37)(H,34,36). The van der Waals surface area contributed by atoms with Crippen LogP contribution in [0.1, 0.15) is 39.5 Å². The molecule has 192 valence electrons. The van der Waals surface area contributed by atoms with Crippen LogP contribution in [0, 0.1) is 0 Å². The lowest BCUT2D eigenvalue weighted by atomic mass is 9.84. The molecule has 1 aromatic heterocycles. The van der Waals surface area contributed by atoms with Crippen LogP contribution in [0.4, 0.5) is 5.69 Å². The number of amides is 2. The van der Waals surface area contributed by atoms with Crippen molar-refractivity contribution >= 4 is 23.1 Å². The van der Waals surface area contributed by atoms with Gasteiger partial charge in [-0.1, -0.05) is 78.9 Å². The lowest BCUT2D eigenvalue weighted by Gasteiger charge is -2.28. The Hall–Kier alpha value is -4.49. The van der Waals surface area contributed by atoms with Crippen molar-refractivity contribution in [1.29, 1.82) is 0 Å². The quantitative estimate of drug-likeness (QED) is 0.360. The van der Waals surface area contributed by atoms with E-state index < -0.39 is 12.0 Å². The minimum atomic E-state index is -0.889. The highest BCUT2D eigenvalue weighted by atomic mass is 16.5. The van der Waals surface area contributed by atoms with Gasteiger partial charge in [-0.2, -0.15) is 5.10 Å². The first kappa shape index (κ1) is 25.2. The molecule has 0 bridgehead atoms. The summed E-state index contributed by atoms with van der Waals surface area (Å²) in [6.45, 7) is 1.33. The molecule has 1 atom stereocenters. The van der Waals surface area contributed by atoms with Crippen molar-refractivity contribution in [3.05, 3.63) is 126 Å². The molecule has 0 saturated heterocycles. The fraction of sp³-hybridized carbons (Fsp3) is 0.194. The number of hydrogen-bond acceptors (Lipinski definition) is 4. The molecule has 38 heavy (non-hydrogen) atoms. The van der Waals surface area contributed by atoms with Gasteiger partial charge in [-0.25, -0.2) is 0 Å². The van der Waals surface area contributed by atoms with E-state index in [9.17, 15) is 9.59 Å². The molecule has 2 amide bonds. The third-order valence-electron chi connectivity index (χ3n) is 6.76. The van der Waals surface area contributed by atoms with Crippen LogP contribution in [-0.2, 0) is 16.6 Å². The van der Waals surface area contributed by atoms with Gasteiger partial charge in [0, 0.05) is 24.8 Å². The Bertz CT molecular complexity index is 1370. The van der Waals surface area contributed by atoms with E-state index in [2.05, 4.69) is 21.8 Å². The van der Waals surface area contributed by atoms with Crippen LogP contribution < -0.4 is 10.6 Å². The maximum atomic E-state index is 13.9. The normalized spacial score (nSPS) is 14.0. The minimum absolute atomic E-state index is 0.309. The van der Waals surface area contributed by atoms with Gasteiger partial charge in [-0.3, -0.25) is 14.3 Å². The Balaban J connectivity index is 1.47. The maximum absolute atomic E-state index is 13.9. The van der Waals surface area contributed by atoms with E-state index in [0.717, 1.165) is 23.1 Å². The third-order valence-corrected chi connectivity index (χ3v) is 6.76. The highest BCUT2D eigenvalue weighted by molar-refractivity contribution is 6.01. The van der Waals surface area contributed by atoms with Crippen LogP contribution in [0.25, 0.3) is 5.57 Å². The van der Waals surface area contributed by atoms with Crippen molar-refractivity contribution in [2.24, 2.45) is 7.05 Å². The fourth-order valence-corrected chi connectivity index (χ4v) is 4.79. The summed E-state index contributed by atoms with van der Waals surface area (Å²) >= 11 is 0. The van der Waals surface area contributed by atoms with Gasteiger partial charge in [-0.05, 0) is 46.9 Å². The molecule has 5 rings (SSSR count). The zero-order valence-corrected chi connectivity index (χ0v) is 21.2. The van der Waals surface area contributed by atoms with E-state index in [1.165, 1.54) is 10.3 Å². The lowest BCUT2D eigenvalue weighted by Crippen LogP contribution is -2.48. The Morgan fingerprint density at radius 3 is 2.11 bits per heavy atom. The first-order valence-corrected chi connectivity index (χ1v) is 12.7. The van der Waals surface area contributed by atoms with Crippen molar-refractivity contribution in [1.82, 2.24) is 15.1 Å². The predicted molar refractivity (Wildman–Crippen MR) is 148 cm³/mol. The zero-order chi connectivity index (χ0) is 26.3. The molecule has 4 aromatic rings. The molecule has 0 saturated carbocycles. The first-order valence-electron chi connectivity index (χ1n) is 12.7. The molecular formula is C31H30N4O3. The largest absolute Gasteiger partial charge is 0.377 e. The molecule has 1 aliphatic rings. The molecule has 2 heterocycles. The van der Waals surface area contributed by atoms with E-state index in [0.29, 0.717) is 24.6 Å². The van der Waals surface area contributed by atoms with E-state index in [1.807, 2.05) is 84.9 Å². The number of ether oxygens (including phenoxy) is 1. The number of rotatable bonds is 8. The SMILES string of the molecule is Cn1nccc1C(=O)NC(C(=O)Nc1ccc(C2=CCOCC2)cc1)C(c1ccccc1)c1ccccc1. The second-order valence-corrected chi connectivity index (χ2v) is 9.21. The Morgan fingerprint density at radius 1 is 0.895 bits per heavy atom. The molecule has 0 fully saturated rings. The number of nitrogens with zero attached hydrogens (tertiary/aromatic N) is 2. The second-order valence-electron chi connectivity index (χ2n) is 9.21. The monoisotopic (exact) mass is 506 g/mol. The van der Waals surface area contributed by atoms with Crippen molar-refractivity contribution in [2.45, 2.75) is 18.4 Å². The summed E-state index contributed by atoms with van der Waals surface area (Å²) in [6, 6.07) is 28.1. The topological polar surface area (TPSA) is 85.2 Å². The molecule has 7 heteroatoms. The second kappa shape index (κ2) is 11.7. The van der Waals surface area contributed by atoms with Gasteiger partial charge in [0.05, 0.1) is 13.2 Å². The van der Waals surface area contributed by atoms with Gasteiger partial charge < -0.3 is 15.4 Å². The predicted octanol–water partition coefficient (Wildman–Crippen LogP) is 4.79. The van der Waals surface area contributed by atoms with Crippen LogP contribution in [0.2, 0.25) is 0 Å².